The number of likely N-dealkylation sites (tertiary alicyclic amines) is 2. The number of nitrogens with zero attached hydrogens (tertiary/aromatic N) is 2. The van der Waals surface area contributed by atoms with Crippen LogP contribution < -0.4 is 0 Å². The van der Waals surface area contributed by atoms with Crippen LogP contribution in [0.4, 0.5) is 0 Å². The minimum absolute atomic E-state index is 0.140. The highest BCUT2D eigenvalue weighted by Crippen LogP contribution is 2.29. The van der Waals surface area contributed by atoms with Crippen LogP contribution in [0, 0.1) is 5.41 Å². The van der Waals surface area contributed by atoms with Crippen LogP contribution in [0.25, 0.3) is 0 Å². The quantitative estimate of drug-likeness (QED) is 0.736. The van der Waals surface area contributed by atoms with E-state index >= 15 is 0 Å². The van der Waals surface area contributed by atoms with Gasteiger partial charge in [-0.05, 0) is 26.3 Å². The van der Waals surface area contributed by atoms with Crippen LogP contribution in [0.2, 0.25) is 0 Å². The van der Waals surface area contributed by atoms with Gasteiger partial charge in [-0.1, -0.05) is 0 Å². The van der Waals surface area contributed by atoms with Crippen molar-refractivity contribution in [1.29, 1.82) is 0 Å². The van der Waals surface area contributed by atoms with Crippen molar-refractivity contribution in [2.45, 2.75) is 19.8 Å². The molecule has 0 aromatic rings. The van der Waals surface area contributed by atoms with Crippen LogP contribution in [0.3, 0.4) is 0 Å². The molecule has 16 heavy (non-hydrogen) atoms. The maximum absolute atomic E-state index is 11.7. The minimum atomic E-state index is -0.758. The normalized spacial score (nSPS) is 30.2. The van der Waals surface area contributed by atoms with Gasteiger partial charge in [-0.3, -0.25) is 14.5 Å². The van der Waals surface area contributed by atoms with Gasteiger partial charge in [0.15, 0.2) is 0 Å². The van der Waals surface area contributed by atoms with Crippen LogP contribution in [-0.2, 0) is 9.59 Å². The first-order valence-electron chi connectivity index (χ1n) is 5.75. The molecule has 0 radical (unpaired) electrons. The molecular formula is C11H18N2O3. The van der Waals surface area contributed by atoms with Gasteiger partial charge in [-0.15, -0.1) is 0 Å². The third kappa shape index (κ3) is 2.04. The van der Waals surface area contributed by atoms with Crippen LogP contribution in [-0.4, -0.2) is 59.5 Å². The molecule has 5 heteroatoms. The summed E-state index contributed by atoms with van der Waals surface area (Å²) in [6.45, 7) is 5.06. The third-order valence-corrected chi connectivity index (χ3v) is 3.64. The lowest BCUT2D eigenvalue weighted by atomic mass is 9.90. The van der Waals surface area contributed by atoms with Gasteiger partial charge >= 0.3 is 5.97 Å². The Bertz CT molecular complexity index is 314. The molecule has 2 rings (SSSR count). The van der Waals surface area contributed by atoms with E-state index in [4.69, 9.17) is 5.11 Å². The molecule has 2 fully saturated rings. The summed E-state index contributed by atoms with van der Waals surface area (Å²) in [4.78, 5) is 26.5. The Morgan fingerprint density at radius 1 is 1.31 bits per heavy atom. The van der Waals surface area contributed by atoms with E-state index in [9.17, 15) is 9.59 Å². The number of carboxylic acids is 1. The maximum Gasteiger partial charge on any atom is 0.310 e. The summed E-state index contributed by atoms with van der Waals surface area (Å²) in [7, 11) is 0. The number of carbonyl (C=O) groups excluding carboxylic acids is 1. The molecule has 2 aliphatic rings. The minimum Gasteiger partial charge on any atom is -0.481 e. The number of amides is 1. The largest absolute Gasteiger partial charge is 0.481 e. The Morgan fingerprint density at radius 2 is 2.00 bits per heavy atom. The first-order chi connectivity index (χ1) is 7.51. The van der Waals surface area contributed by atoms with Crippen LogP contribution in [0.5, 0.6) is 0 Å². The molecule has 0 saturated carbocycles. The van der Waals surface area contributed by atoms with Crippen LogP contribution in [0.1, 0.15) is 19.8 Å². The predicted octanol–water partition coefficient (Wildman–Crippen LogP) is 0.0153. The highest BCUT2D eigenvalue weighted by atomic mass is 16.4. The van der Waals surface area contributed by atoms with Crippen molar-refractivity contribution >= 4 is 11.9 Å². The fourth-order valence-corrected chi connectivity index (χ4v) is 2.22. The summed E-state index contributed by atoms with van der Waals surface area (Å²) in [6.07, 6.45) is 1.73. The number of aliphatic carboxylic acids is 1. The van der Waals surface area contributed by atoms with E-state index in [1.165, 1.54) is 0 Å². The molecule has 0 aromatic heterocycles. The van der Waals surface area contributed by atoms with Gasteiger partial charge in [0.05, 0.1) is 12.0 Å². The molecule has 1 amide bonds. The number of carboxylic acid groups (broad SMARTS) is 1. The lowest BCUT2D eigenvalue weighted by Crippen LogP contribution is -2.47. The molecule has 2 saturated heterocycles. The highest BCUT2D eigenvalue weighted by molar-refractivity contribution is 5.79. The van der Waals surface area contributed by atoms with Crippen LogP contribution >= 0.6 is 0 Å². The maximum atomic E-state index is 11.7. The van der Waals surface area contributed by atoms with E-state index in [1.54, 1.807) is 6.92 Å². The molecule has 1 atom stereocenters. The van der Waals surface area contributed by atoms with Crippen molar-refractivity contribution in [2.75, 3.05) is 32.7 Å². The Kier molecular flexibility index (Phi) is 2.88. The second-order valence-corrected chi connectivity index (χ2v) is 5.06. The molecule has 0 bridgehead atoms. The topological polar surface area (TPSA) is 60.9 Å². The van der Waals surface area contributed by atoms with Crippen molar-refractivity contribution in [3.63, 3.8) is 0 Å². The van der Waals surface area contributed by atoms with E-state index in [2.05, 4.69) is 0 Å². The number of rotatable bonds is 3. The molecule has 1 N–H and O–H groups in total. The zero-order chi connectivity index (χ0) is 11.8. The molecule has 0 aromatic carbocycles. The van der Waals surface area contributed by atoms with Gasteiger partial charge in [-0.25, -0.2) is 0 Å². The fraction of sp³-hybridized carbons (Fsp3) is 0.818. The van der Waals surface area contributed by atoms with Gasteiger partial charge in [0, 0.05) is 19.6 Å². The molecule has 2 aliphatic heterocycles. The summed E-state index contributed by atoms with van der Waals surface area (Å²) < 4.78 is 0. The van der Waals surface area contributed by atoms with E-state index in [0.29, 0.717) is 26.1 Å². The van der Waals surface area contributed by atoms with E-state index in [1.807, 2.05) is 9.80 Å². The average Bonchev–Trinajstić information content (AvgIpc) is 2.45. The van der Waals surface area contributed by atoms with E-state index in [-0.39, 0.29) is 5.91 Å². The van der Waals surface area contributed by atoms with Crippen LogP contribution in [0.15, 0.2) is 0 Å². The lowest BCUT2D eigenvalue weighted by Gasteiger charge is -2.32. The molecule has 1 unspecified atom stereocenters. The predicted molar refractivity (Wildman–Crippen MR) is 58.0 cm³/mol. The Labute approximate surface area is 95.0 Å². The monoisotopic (exact) mass is 226 g/mol. The van der Waals surface area contributed by atoms with Crippen molar-refractivity contribution in [1.82, 2.24) is 9.80 Å². The first-order valence-corrected chi connectivity index (χ1v) is 5.75. The Balaban J connectivity index is 1.84. The summed E-state index contributed by atoms with van der Waals surface area (Å²) in [5, 5.41) is 9.07. The standard InChI is InChI=1S/C11H18N2O3/c1-11(10(15)16)3-6-12(8-11)7-9(14)13-4-2-5-13/h2-8H2,1H3,(H,15,16). The van der Waals surface area contributed by atoms with E-state index in [0.717, 1.165) is 19.5 Å². The first kappa shape index (κ1) is 11.4. The van der Waals surface area contributed by atoms with Crippen molar-refractivity contribution < 1.29 is 14.7 Å². The van der Waals surface area contributed by atoms with E-state index < -0.39 is 11.4 Å². The average molecular weight is 226 g/mol. The molecule has 90 valence electrons. The Morgan fingerprint density at radius 3 is 2.44 bits per heavy atom. The SMILES string of the molecule is CC1(C(=O)O)CCN(CC(=O)N2CCC2)C1. The molecule has 2 heterocycles. The Hall–Kier alpha value is -1.10. The summed E-state index contributed by atoms with van der Waals surface area (Å²) >= 11 is 0. The lowest BCUT2D eigenvalue weighted by molar-refractivity contribution is -0.147. The molecule has 0 aliphatic carbocycles. The zero-order valence-electron chi connectivity index (χ0n) is 9.61. The van der Waals surface area contributed by atoms with Crippen molar-refractivity contribution in [3.05, 3.63) is 0 Å². The molecular weight excluding hydrogens is 208 g/mol. The number of hydrogen-bond acceptors (Lipinski definition) is 3. The van der Waals surface area contributed by atoms with Gasteiger partial charge < -0.3 is 10.0 Å². The van der Waals surface area contributed by atoms with Gasteiger partial charge in [0.2, 0.25) is 5.91 Å². The molecule has 5 nitrogen and oxygen atoms in total. The van der Waals surface area contributed by atoms with Gasteiger partial charge in [0.25, 0.3) is 0 Å². The number of hydrogen-bond donors (Lipinski definition) is 1. The second kappa shape index (κ2) is 4.05. The summed E-state index contributed by atoms with van der Waals surface area (Å²) in [5.41, 5.74) is -0.671. The smallest absolute Gasteiger partial charge is 0.310 e. The highest BCUT2D eigenvalue weighted by Gasteiger charge is 2.41. The summed E-state index contributed by atoms with van der Waals surface area (Å²) in [5.74, 6) is -0.618. The summed E-state index contributed by atoms with van der Waals surface area (Å²) in [6, 6.07) is 0. The third-order valence-electron chi connectivity index (χ3n) is 3.64. The van der Waals surface area contributed by atoms with Crippen molar-refractivity contribution in [2.24, 2.45) is 5.41 Å². The zero-order valence-corrected chi connectivity index (χ0v) is 9.61. The van der Waals surface area contributed by atoms with Crippen molar-refractivity contribution in [3.8, 4) is 0 Å². The fourth-order valence-electron chi connectivity index (χ4n) is 2.22. The number of carbonyl (C=O) groups is 2. The second-order valence-electron chi connectivity index (χ2n) is 5.06. The van der Waals surface area contributed by atoms with Gasteiger partial charge in [0.1, 0.15) is 0 Å². The van der Waals surface area contributed by atoms with Gasteiger partial charge in [-0.2, -0.15) is 0 Å². The molecule has 0 spiro atoms.